The molecule has 0 aliphatic heterocycles. The molecule has 1 heterocycles. The zero-order chi connectivity index (χ0) is 10.8. The van der Waals surface area contributed by atoms with E-state index in [1.54, 1.807) is 0 Å². The molecule has 80 valence electrons. The van der Waals surface area contributed by atoms with Gasteiger partial charge in [0.05, 0.1) is 6.26 Å². The molecule has 14 heavy (non-hydrogen) atoms. The van der Waals surface area contributed by atoms with E-state index in [0.717, 1.165) is 12.8 Å². The smallest absolute Gasteiger partial charge is 0.107 e. The van der Waals surface area contributed by atoms with Gasteiger partial charge in [-0.3, -0.25) is 0 Å². The molecule has 0 saturated carbocycles. The highest BCUT2D eigenvalue weighted by Gasteiger charge is 2.14. The van der Waals surface area contributed by atoms with Crippen LogP contribution in [0, 0.1) is 12.3 Å². The summed E-state index contributed by atoms with van der Waals surface area (Å²) < 4.78 is 5.58. The van der Waals surface area contributed by atoms with Gasteiger partial charge in [-0.2, -0.15) is 0 Å². The predicted octanol–water partition coefficient (Wildman–Crippen LogP) is 4.13. The van der Waals surface area contributed by atoms with Crippen LogP contribution in [-0.4, -0.2) is 0 Å². The normalized spacial score (nSPS) is 12.1. The molecule has 0 N–H and O–H groups in total. The van der Waals surface area contributed by atoms with Gasteiger partial charge in [-0.25, -0.2) is 0 Å². The fourth-order valence-electron chi connectivity index (χ4n) is 1.70. The fourth-order valence-corrected chi connectivity index (χ4v) is 1.70. The lowest BCUT2D eigenvalue weighted by atomic mass is 9.89. The molecule has 0 radical (unpaired) electrons. The third kappa shape index (κ3) is 2.90. The van der Waals surface area contributed by atoms with E-state index in [0.29, 0.717) is 5.41 Å². The summed E-state index contributed by atoms with van der Waals surface area (Å²) in [7, 11) is 0. The lowest BCUT2D eigenvalue weighted by Gasteiger charge is -2.17. The van der Waals surface area contributed by atoms with Gasteiger partial charge in [0, 0.05) is 6.42 Å². The van der Waals surface area contributed by atoms with Gasteiger partial charge in [-0.15, -0.1) is 0 Å². The second-order valence-corrected chi connectivity index (χ2v) is 5.23. The Balaban J connectivity index is 2.67. The highest BCUT2D eigenvalue weighted by Crippen LogP contribution is 2.25. The topological polar surface area (TPSA) is 13.1 Å². The van der Waals surface area contributed by atoms with Crippen molar-refractivity contribution in [3.05, 3.63) is 23.2 Å². The minimum absolute atomic E-state index is 0.395. The molecule has 1 aromatic heterocycles. The molecule has 0 aliphatic rings. The number of aryl methyl sites for hydroxylation is 2. The van der Waals surface area contributed by atoms with E-state index in [1.807, 2.05) is 6.26 Å². The van der Waals surface area contributed by atoms with E-state index in [1.165, 1.54) is 23.3 Å². The van der Waals surface area contributed by atoms with Crippen LogP contribution in [0.5, 0.6) is 0 Å². The zero-order valence-electron chi connectivity index (χ0n) is 10.1. The molecule has 0 aromatic carbocycles. The summed E-state index contributed by atoms with van der Waals surface area (Å²) in [5, 5.41) is 0. The van der Waals surface area contributed by atoms with E-state index in [4.69, 9.17) is 4.42 Å². The van der Waals surface area contributed by atoms with Crippen molar-refractivity contribution in [2.24, 2.45) is 5.41 Å². The highest BCUT2D eigenvalue weighted by atomic mass is 16.3. The quantitative estimate of drug-likeness (QED) is 0.705. The van der Waals surface area contributed by atoms with Crippen LogP contribution in [0.4, 0.5) is 0 Å². The zero-order valence-corrected chi connectivity index (χ0v) is 10.1. The van der Waals surface area contributed by atoms with Crippen molar-refractivity contribution in [3.63, 3.8) is 0 Å². The molecule has 1 rings (SSSR count). The van der Waals surface area contributed by atoms with Crippen LogP contribution in [0.25, 0.3) is 0 Å². The van der Waals surface area contributed by atoms with Crippen LogP contribution in [0.1, 0.15) is 51.0 Å². The Morgan fingerprint density at radius 1 is 1.29 bits per heavy atom. The molecule has 0 atom stereocenters. The first-order chi connectivity index (χ1) is 6.44. The molecule has 0 amide bonds. The number of hydrogen-bond acceptors (Lipinski definition) is 1. The predicted molar refractivity (Wildman–Crippen MR) is 60.6 cm³/mol. The van der Waals surface area contributed by atoms with Crippen LogP contribution < -0.4 is 0 Å². The van der Waals surface area contributed by atoms with Crippen LogP contribution in [0.15, 0.2) is 10.7 Å². The van der Waals surface area contributed by atoms with Crippen molar-refractivity contribution in [1.29, 1.82) is 0 Å². The summed E-state index contributed by atoms with van der Waals surface area (Å²) in [5.41, 5.74) is 3.11. The van der Waals surface area contributed by atoms with Crippen molar-refractivity contribution in [2.75, 3.05) is 0 Å². The molecular formula is C13H22O. The summed E-state index contributed by atoms with van der Waals surface area (Å²) in [6.07, 6.45) is 5.23. The van der Waals surface area contributed by atoms with Gasteiger partial charge in [-0.05, 0) is 36.3 Å². The third-order valence-corrected chi connectivity index (χ3v) is 2.65. The Labute approximate surface area is 87.5 Å². The molecule has 1 heteroatoms. The summed E-state index contributed by atoms with van der Waals surface area (Å²) in [5.74, 6) is 1.19. The molecule has 0 fully saturated rings. The first-order valence-corrected chi connectivity index (χ1v) is 5.50. The van der Waals surface area contributed by atoms with Gasteiger partial charge in [0.1, 0.15) is 5.76 Å². The lowest BCUT2D eigenvalue weighted by molar-refractivity contribution is 0.358. The maximum atomic E-state index is 5.58. The van der Waals surface area contributed by atoms with E-state index in [9.17, 15) is 0 Å². The van der Waals surface area contributed by atoms with Crippen molar-refractivity contribution in [2.45, 2.75) is 53.9 Å². The van der Waals surface area contributed by atoms with Gasteiger partial charge < -0.3 is 4.42 Å². The molecule has 0 bridgehead atoms. The summed E-state index contributed by atoms with van der Waals surface area (Å²) in [6, 6.07) is 0. The van der Waals surface area contributed by atoms with Gasteiger partial charge >= 0.3 is 0 Å². The Morgan fingerprint density at radius 2 is 1.93 bits per heavy atom. The first-order valence-electron chi connectivity index (χ1n) is 5.50. The van der Waals surface area contributed by atoms with Crippen LogP contribution >= 0.6 is 0 Å². The van der Waals surface area contributed by atoms with Crippen LogP contribution in [0.3, 0.4) is 0 Å². The van der Waals surface area contributed by atoms with E-state index >= 15 is 0 Å². The lowest BCUT2D eigenvalue weighted by Crippen LogP contribution is -2.06. The summed E-state index contributed by atoms with van der Waals surface area (Å²) >= 11 is 0. The van der Waals surface area contributed by atoms with Crippen molar-refractivity contribution in [3.8, 4) is 0 Å². The number of hydrogen-bond donors (Lipinski definition) is 0. The monoisotopic (exact) mass is 194 g/mol. The van der Waals surface area contributed by atoms with Gasteiger partial charge in [0.25, 0.3) is 0 Å². The Bertz CT molecular complexity index is 289. The van der Waals surface area contributed by atoms with Crippen molar-refractivity contribution < 1.29 is 4.42 Å². The molecule has 0 unspecified atom stereocenters. The van der Waals surface area contributed by atoms with E-state index in [2.05, 4.69) is 34.6 Å². The molecule has 0 saturated heterocycles. The average molecular weight is 194 g/mol. The highest BCUT2D eigenvalue weighted by molar-refractivity contribution is 5.26. The maximum absolute atomic E-state index is 5.58. The minimum Gasteiger partial charge on any atom is -0.469 e. The Morgan fingerprint density at radius 3 is 2.43 bits per heavy atom. The summed E-state index contributed by atoms with van der Waals surface area (Å²) in [6.45, 7) is 11.1. The van der Waals surface area contributed by atoms with E-state index < -0.39 is 0 Å². The van der Waals surface area contributed by atoms with Crippen molar-refractivity contribution >= 4 is 0 Å². The maximum Gasteiger partial charge on any atom is 0.107 e. The Hall–Kier alpha value is -0.720. The molecule has 0 spiro atoms. The van der Waals surface area contributed by atoms with E-state index in [-0.39, 0.29) is 0 Å². The summed E-state index contributed by atoms with van der Waals surface area (Å²) in [4.78, 5) is 0. The minimum atomic E-state index is 0.395. The first kappa shape index (κ1) is 11.4. The van der Waals surface area contributed by atoms with Gasteiger partial charge in [-0.1, -0.05) is 27.7 Å². The fraction of sp³-hybridized carbons (Fsp3) is 0.692. The molecule has 1 aromatic rings. The Kier molecular flexibility index (Phi) is 3.41. The van der Waals surface area contributed by atoms with Crippen LogP contribution in [0.2, 0.25) is 0 Å². The molecular weight excluding hydrogens is 172 g/mol. The molecule has 1 nitrogen and oxygen atoms in total. The second kappa shape index (κ2) is 4.20. The largest absolute Gasteiger partial charge is 0.469 e. The molecule has 0 aliphatic carbocycles. The van der Waals surface area contributed by atoms with Gasteiger partial charge in [0.15, 0.2) is 0 Å². The van der Waals surface area contributed by atoms with Crippen molar-refractivity contribution in [1.82, 2.24) is 0 Å². The van der Waals surface area contributed by atoms with Gasteiger partial charge in [0.2, 0.25) is 0 Å². The SMILES string of the molecule is CCc1c(C)coc1CCC(C)(C)C. The second-order valence-electron chi connectivity index (χ2n) is 5.23. The number of furan rings is 1. The standard InChI is InChI=1S/C13H22O/c1-6-11-10(2)9-14-12(11)7-8-13(3,4)5/h9H,6-8H2,1-5H3. The average Bonchev–Trinajstić information content (AvgIpc) is 2.41. The number of rotatable bonds is 3. The van der Waals surface area contributed by atoms with Crippen LogP contribution in [-0.2, 0) is 12.8 Å². The third-order valence-electron chi connectivity index (χ3n) is 2.65.